The fraction of sp³-hybridized carbons (Fsp3) is 0.385. The van der Waals surface area contributed by atoms with Crippen LogP contribution in [0.15, 0.2) is 47.4 Å². The highest BCUT2D eigenvalue weighted by Gasteiger charge is 2.50. The zero-order valence-corrected chi connectivity index (χ0v) is 21.8. The molecule has 1 aliphatic heterocycles. The second-order valence-corrected chi connectivity index (χ2v) is 11.0. The second kappa shape index (κ2) is 9.03. The number of benzene rings is 2. The van der Waals surface area contributed by atoms with Gasteiger partial charge in [0, 0.05) is 28.9 Å². The van der Waals surface area contributed by atoms with Crippen LogP contribution in [0.25, 0.3) is 10.8 Å². The minimum atomic E-state index is -1.07. The number of rotatable bonds is 4. The highest BCUT2D eigenvalue weighted by Crippen LogP contribution is 2.43. The van der Waals surface area contributed by atoms with Crippen molar-refractivity contribution in [2.24, 2.45) is 0 Å². The van der Waals surface area contributed by atoms with Gasteiger partial charge in [0.05, 0.1) is 23.1 Å². The summed E-state index contributed by atoms with van der Waals surface area (Å²) in [5.74, 6) is -0.543. The molecule has 0 atom stereocenters. The van der Waals surface area contributed by atoms with Crippen LogP contribution in [0, 0.1) is 5.82 Å². The number of halogens is 3. The van der Waals surface area contributed by atoms with E-state index in [1.165, 1.54) is 17.0 Å². The van der Waals surface area contributed by atoms with E-state index in [1.54, 1.807) is 37.6 Å². The fourth-order valence-electron chi connectivity index (χ4n) is 4.34. The normalized spacial score (nSPS) is 15.3. The van der Waals surface area contributed by atoms with Gasteiger partial charge in [0.25, 0.3) is 5.56 Å². The summed E-state index contributed by atoms with van der Waals surface area (Å²) in [5.41, 5.74) is -1.10. The lowest BCUT2D eigenvalue weighted by Gasteiger charge is -2.51. The van der Waals surface area contributed by atoms with Crippen LogP contribution in [-0.4, -0.2) is 34.3 Å². The molecule has 6 nitrogen and oxygen atoms in total. The molecule has 0 spiro atoms. The monoisotopic (exact) mass is 519 g/mol. The van der Waals surface area contributed by atoms with Crippen molar-refractivity contribution in [1.82, 2.24) is 9.47 Å². The van der Waals surface area contributed by atoms with Gasteiger partial charge in [-0.25, -0.2) is 9.18 Å². The number of pyridine rings is 1. The number of hydrogen-bond acceptors (Lipinski definition) is 4. The van der Waals surface area contributed by atoms with Gasteiger partial charge in [0.15, 0.2) is 0 Å². The van der Waals surface area contributed by atoms with Crippen molar-refractivity contribution in [1.29, 1.82) is 0 Å². The molecule has 0 radical (unpaired) electrons. The van der Waals surface area contributed by atoms with Crippen LogP contribution >= 0.6 is 23.2 Å². The van der Waals surface area contributed by atoms with E-state index >= 15 is 4.39 Å². The molecular formula is C26H28Cl2FN3O3. The van der Waals surface area contributed by atoms with Crippen molar-refractivity contribution in [3.05, 3.63) is 74.4 Å². The van der Waals surface area contributed by atoms with E-state index < -0.39 is 23.1 Å². The minimum Gasteiger partial charge on any atom is -0.444 e. The highest BCUT2D eigenvalue weighted by molar-refractivity contribution is 6.42. The number of ether oxygens (including phenoxy) is 1. The first-order chi connectivity index (χ1) is 16.3. The smallest absolute Gasteiger partial charge is 0.410 e. The molecule has 0 unspecified atom stereocenters. The summed E-state index contributed by atoms with van der Waals surface area (Å²) in [6.07, 6.45) is 1.27. The number of likely N-dealkylation sites (tertiary alicyclic amines) is 1. The van der Waals surface area contributed by atoms with Crippen LogP contribution in [0.1, 0.15) is 46.2 Å². The molecule has 3 aromatic rings. The SMILES string of the molecule is CC(C)n1ccc2ccc(NC3(c4c(F)ccc(Cl)c4Cl)CN(C(=O)OC(C)(C)C)C3)cc2c1=O. The third-order valence-corrected chi connectivity index (χ3v) is 6.77. The number of nitrogens with zero attached hydrogens (tertiary/aromatic N) is 2. The van der Waals surface area contributed by atoms with Crippen LogP contribution in [0.2, 0.25) is 10.0 Å². The second-order valence-electron chi connectivity index (χ2n) is 10.2. The van der Waals surface area contributed by atoms with Crippen molar-refractivity contribution in [3.8, 4) is 0 Å². The van der Waals surface area contributed by atoms with Gasteiger partial charge in [-0.1, -0.05) is 29.3 Å². The lowest BCUT2D eigenvalue weighted by molar-refractivity contribution is -0.00535. The maximum absolute atomic E-state index is 15.1. The largest absolute Gasteiger partial charge is 0.444 e. The molecule has 1 N–H and O–H groups in total. The molecule has 2 aromatic carbocycles. The molecule has 186 valence electrons. The topological polar surface area (TPSA) is 63.6 Å². The number of amides is 1. The summed E-state index contributed by atoms with van der Waals surface area (Å²) in [5, 5.41) is 4.96. The minimum absolute atomic E-state index is 0.00300. The number of carbonyl (C=O) groups is 1. The average molecular weight is 520 g/mol. The van der Waals surface area contributed by atoms with E-state index in [1.807, 2.05) is 32.0 Å². The molecule has 0 saturated carbocycles. The van der Waals surface area contributed by atoms with Gasteiger partial charge < -0.3 is 19.5 Å². The van der Waals surface area contributed by atoms with Crippen molar-refractivity contribution < 1.29 is 13.9 Å². The average Bonchev–Trinajstić information content (AvgIpc) is 2.73. The third-order valence-electron chi connectivity index (χ3n) is 5.97. The van der Waals surface area contributed by atoms with E-state index in [0.29, 0.717) is 11.1 Å². The highest BCUT2D eigenvalue weighted by atomic mass is 35.5. The summed E-state index contributed by atoms with van der Waals surface area (Å²) < 4.78 is 22.3. The van der Waals surface area contributed by atoms with Gasteiger partial charge in [0.1, 0.15) is 17.0 Å². The van der Waals surface area contributed by atoms with Gasteiger partial charge >= 0.3 is 6.09 Å². The molecule has 0 bridgehead atoms. The van der Waals surface area contributed by atoms with Crippen LogP contribution in [0.5, 0.6) is 0 Å². The lowest BCUT2D eigenvalue weighted by Crippen LogP contribution is -2.66. The summed E-state index contributed by atoms with van der Waals surface area (Å²) in [6, 6.07) is 9.93. The predicted molar refractivity (Wildman–Crippen MR) is 138 cm³/mol. The molecule has 1 fully saturated rings. The van der Waals surface area contributed by atoms with E-state index in [2.05, 4.69) is 5.32 Å². The number of nitrogens with one attached hydrogen (secondary N) is 1. The van der Waals surface area contributed by atoms with Crippen molar-refractivity contribution in [3.63, 3.8) is 0 Å². The summed E-state index contributed by atoms with van der Waals surface area (Å²) in [4.78, 5) is 27.2. The van der Waals surface area contributed by atoms with Crippen molar-refractivity contribution in [2.75, 3.05) is 18.4 Å². The molecule has 35 heavy (non-hydrogen) atoms. The Bertz CT molecular complexity index is 1360. The van der Waals surface area contributed by atoms with E-state index in [0.717, 1.165) is 5.39 Å². The van der Waals surface area contributed by atoms with Crippen LogP contribution < -0.4 is 10.9 Å². The zero-order chi connectivity index (χ0) is 25.7. The molecular weight excluding hydrogens is 492 g/mol. The Morgan fingerprint density at radius 1 is 1.14 bits per heavy atom. The van der Waals surface area contributed by atoms with Crippen LogP contribution in [0.3, 0.4) is 0 Å². The first-order valence-electron chi connectivity index (χ1n) is 11.4. The molecule has 1 aromatic heterocycles. The molecule has 0 aliphatic carbocycles. The summed E-state index contributed by atoms with van der Waals surface area (Å²) in [7, 11) is 0. The van der Waals surface area contributed by atoms with Gasteiger partial charge in [0.2, 0.25) is 0 Å². The number of anilines is 1. The summed E-state index contributed by atoms with van der Waals surface area (Å²) >= 11 is 12.7. The summed E-state index contributed by atoms with van der Waals surface area (Å²) in [6.45, 7) is 9.42. The van der Waals surface area contributed by atoms with Gasteiger partial charge in [-0.2, -0.15) is 0 Å². The maximum Gasteiger partial charge on any atom is 0.410 e. The zero-order valence-electron chi connectivity index (χ0n) is 20.3. The molecule has 9 heteroatoms. The van der Waals surface area contributed by atoms with E-state index in [-0.39, 0.29) is 40.3 Å². The number of carbonyl (C=O) groups excluding carboxylic acids is 1. The molecule has 1 aliphatic rings. The maximum atomic E-state index is 15.1. The lowest BCUT2D eigenvalue weighted by atomic mass is 9.81. The molecule has 4 rings (SSSR count). The number of hydrogen-bond donors (Lipinski definition) is 1. The molecule has 1 amide bonds. The van der Waals surface area contributed by atoms with Crippen molar-refractivity contribution >= 4 is 45.8 Å². The number of aromatic nitrogens is 1. The van der Waals surface area contributed by atoms with Crippen LogP contribution in [0.4, 0.5) is 14.9 Å². The van der Waals surface area contributed by atoms with Gasteiger partial charge in [-0.15, -0.1) is 0 Å². The Labute approximate surface area is 213 Å². The third kappa shape index (κ3) is 4.84. The van der Waals surface area contributed by atoms with E-state index in [9.17, 15) is 9.59 Å². The standard InChI is InChI=1S/C26H28Cl2FN3O3/c1-15(2)32-11-10-16-6-7-17(12-18(16)23(32)33)30-26(21-20(29)9-8-19(27)22(21)28)13-31(14-26)24(34)35-25(3,4)5/h6-12,15,30H,13-14H2,1-5H3. The Morgan fingerprint density at radius 3 is 2.46 bits per heavy atom. The van der Waals surface area contributed by atoms with Gasteiger partial charge in [-0.05, 0) is 70.3 Å². The Balaban J connectivity index is 1.76. The van der Waals surface area contributed by atoms with Gasteiger partial charge in [-0.3, -0.25) is 4.79 Å². The predicted octanol–water partition coefficient (Wildman–Crippen LogP) is 6.59. The Kier molecular flexibility index (Phi) is 6.53. The van der Waals surface area contributed by atoms with E-state index in [4.69, 9.17) is 27.9 Å². The molecule has 1 saturated heterocycles. The van der Waals surface area contributed by atoms with Crippen LogP contribution in [-0.2, 0) is 10.3 Å². The first kappa shape index (κ1) is 25.3. The Morgan fingerprint density at radius 2 is 1.83 bits per heavy atom. The number of fused-ring (bicyclic) bond motifs is 1. The molecule has 2 heterocycles. The van der Waals surface area contributed by atoms with Crippen molar-refractivity contribution in [2.45, 2.75) is 51.8 Å². The fourth-order valence-corrected chi connectivity index (χ4v) is 4.83. The quantitative estimate of drug-likeness (QED) is 0.395. The first-order valence-corrected chi connectivity index (χ1v) is 12.1. The Hall–Kier alpha value is -2.77.